The van der Waals surface area contributed by atoms with Gasteiger partial charge >= 0.3 is 12.1 Å². The van der Waals surface area contributed by atoms with E-state index in [1.807, 2.05) is 0 Å². The number of thiazole rings is 1. The Bertz CT molecular complexity index is 1070. The third-order valence-corrected chi connectivity index (χ3v) is 4.98. The van der Waals surface area contributed by atoms with Crippen LogP contribution in [-0.2, 0) is 22.3 Å². The van der Waals surface area contributed by atoms with Crippen molar-refractivity contribution >= 4 is 22.9 Å². The van der Waals surface area contributed by atoms with Gasteiger partial charge in [-0.2, -0.15) is 18.2 Å². The number of rotatable bonds is 7. The van der Waals surface area contributed by atoms with Crippen LogP contribution in [0, 0.1) is 0 Å². The molecule has 0 aliphatic heterocycles. The zero-order valence-corrected chi connectivity index (χ0v) is 16.3. The molecular formula is C20H15F3N2O4S. The van der Waals surface area contributed by atoms with Crippen LogP contribution in [0.15, 0.2) is 54.9 Å². The summed E-state index contributed by atoms with van der Waals surface area (Å²) in [6.45, 7) is -0.320. The van der Waals surface area contributed by atoms with E-state index in [1.54, 1.807) is 36.4 Å². The Morgan fingerprint density at radius 3 is 2.57 bits per heavy atom. The molecule has 0 aliphatic carbocycles. The van der Waals surface area contributed by atoms with Gasteiger partial charge in [0.1, 0.15) is 17.2 Å². The number of carboxylic acid groups (broad SMARTS) is 1. The number of hydrogen-bond donors (Lipinski definition) is 1. The van der Waals surface area contributed by atoms with Crippen molar-refractivity contribution in [2.75, 3.05) is 7.11 Å². The van der Waals surface area contributed by atoms with E-state index in [9.17, 15) is 23.1 Å². The fraction of sp³-hybridized carbons (Fsp3) is 0.150. The smallest absolute Gasteiger partial charge is 0.430 e. The van der Waals surface area contributed by atoms with Crippen LogP contribution in [0.2, 0.25) is 0 Å². The highest BCUT2D eigenvalue weighted by atomic mass is 32.1. The molecule has 2 aromatic heterocycles. The molecular weight excluding hydrogens is 421 g/mol. The van der Waals surface area contributed by atoms with Crippen molar-refractivity contribution in [3.63, 3.8) is 0 Å². The largest absolute Gasteiger partial charge is 0.503 e. The number of ether oxygens (including phenoxy) is 2. The maximum Gasteiger partial charge on any atom is 0.430 e. The number of halogens is 3. The minimum Gasteiger partial charge on any atom is -0.503 e. The van der Waals surface area contributed by atoms with Crippen molar-refractivity contribution in [1.29, 1.82) is 0 Å². The summed E-state index contributed by atoms with van der Waals surface area (Å²) >= 11 is 0.429. The lowest BCUT2D eigenvalue weighted by Crippen LogP contribution is -2.08. The summed E-state index contributed by atoms with van der Waals surface area (Å²) < 4.78 is 50.6. The van der Waals surface area contributed by atoms with E-state index in [0.29, 0.717) is 22.6 Å². The predicted molar refractivity (Wildman–Crippen MR) is 104 cm³/mol. The maximum atomic E-state index is 13.5. The van der Waals surface area contributed by atoms with E-state index in [0.717, 1.165) is 6.26 Å². The molecule has 3 aromatic rings. The first-order valence-corrected chi connectivity index (χ1v) is 9.29. The minimum atomic E-state index is -4.66. The number of aromatic nitrogens is 2. The van der Waals surface area contributed by atoms with Gasteiger partial charge in [-0.1, -0.05) is 30.3 Å². The summed E-state index contributed by atoms with van der Waals surface area (Å²) in [6, 6.07) is 11.1. The molecule has 156 valence electrons. The standard InChI is InChI=1S/C20H15F3N2O4S/c1-28-11-14(19(26)27)13-7-3-2-6-12(13)10-29-17-16(20(21,22)23)30-18(25-17)15-8-4-5-9-24-15/h2-9,11H,10H2,1H3,(H,26,27). The van der Waals surface area contributed by atoms with Gasteiger partial charge in [0.25, 0.3) is 0 Å². The van der Waals surface area contributed by atoms with Crippen LogP contribution >= 0.6 is 11.3 Å². The van der Waals surface area contributed by atoms with Gasteiger partial charge in [0.05, 0.1) is 19.1 Å². The first-order chi connectivity index (χ1) is 14.3. The third-order valence-electron chi connectivity index (χ3n) is 3.88. The summed E-state index contributed by atoms with van der Waals surface area (Å²) in [5, 5.41) is 9.46. The number of benzene rings is 1. The highest BCUT2D eigenvalue weighted by Crippen LogP contribution is 2.43. The fourth-order valence-corrected chi connectivity index (χ4v) is 3.44. The lowest BCUT2D eigenvalue weighted by Gasteiger charge is -2.12. The number of alkyl halides is 3. The average Bonchev–Trinajstić information content (AvgIpc) is 3.16. The molecule has 0 spiro atoms. The van der Waals surface area contributed by atoms with Crippen molar-refractivity contribution in [2.24, 2.45) is 0 Å². The Balaban J connectivity index is 1.94. The molecule has 2 heterocycles. The third kappa shape index (κ3) is 4.77. The average molecular weight is 436 g/mol. The molecule has 0 aliphatic rings. The summed E-state index contributed by atoms with van der Waals surface area (Å²) in [5.74, 6) is -1.83. The van der Waals surface area contributed by atoms with E-state index in [1.165, 1.54) is 19.4 Å². The number of hydrogen-bond acceptors (Lipinski definition) is 6. The highest BCUT2D eigenvalue weighted by molar-refractivity contribution is 7.15. The number of carbonyl (C=O) groups is 1. The second-order valence-electron chi connectivity index (χ2n) is 5.88. The Morgan fingerprint density at radius 2 is 1.93 bits per heavy atom. The van der Waals surface area contributed by atoms with Crippen molar-refractivity contribution < 1.29 is 32.5 Å². The molecule has 10 heteroatoms. The number of methoxy groups -OCH3 is 1. The summed E-state index contributed by atoms with van der Waals surface area (Å²) in [6.07, 6.45) is -2.16. The van der Waals surface area contributed by atoms with E-state index in [2.05, 4.69) is 9.97 Å². The van der Waals surface area contributed by atoms with Gasteiger partial charge in [0.2, 0.25) is 5.88 Å². The number of aliphatic carboxylic acids is 1. The molecule has 0 amide bonds. The van der Waals surface area contributed by atoms with Gasteiger partial charge in [-0.3, -0.25) is 4.98 Å². The van der Waals surface area contributed by atoms with Gasteiger partial charge in [0.15, 0.2) is 4.88 Å². The second-order valence-corrected chi connectivity index (χ2v) is 6.88. The van der Waals surface area contributed by atoms with Crippen molar-refractivity contribution in [3.8, 4) is 16.6 Å². The normalized spacial score (nSPS) is 11.9. The monoisotopic (exact) mass is 436 g/mol. The molecule has 1 N–H and O–H groups in total. The topological polar surface area (TPSA) is 81.5 Å². The fourth-order valence-electron chi connectivity index (χ4n) is 2.58. The summed E-state index contributed by atoms with van der Waals surface area (Å²) in [4.78, 5) is 18.5. The molecule has 0 saturated carbocycles. The number of carboxylic acids is 1. The summed E-state index contributed by atoms with van der Waals surface area (Å²) in [5.41, 5.74) is 0.768. The van der Waals surface area contributed by atoms with E-state index < -0.39 is 22.9 Å². The van der Waals surface area contributed by atoms with E-state index in [4.69, 9.17) is 9.47 Å². The molecule has 0 unspecified atom stereocenters. The number of pyridine rings is 1. The van der Waals surface area contributed by atoms with Crippen molar-refractivity contribution in [2.45, 2.75) is 12.8 Å². The van der Waals surface area contributed by atoms with Gasteiger partial charge in [-0.05, 0) is 23.3 Å². The molecule has 0 atom stereocenters. The quantitative estimate of drug-likeness (QED) is 0.420. The predicted octanol–water partition coefficient (Wildman–Crippen LogP) is 4.87. The first kappa shape index (κ1) is 21.3. The van der Waals surface area contributed by atoms with Crippen LogP contribution in [0.5, 0.6) is 5.88 Å². The van der Waals surface area contributed by atoms with Crippen LogP contribution in [-0.4, -0.2) is 28.2 Å². The Labute approximate surface area is 173 Å². The van der Waals surface area contributed by atoms with Crippen LogP contribution in [0.25, 0.3) is 16.3 Å². The minimum absolute atomic E-state index is 0.0664. The summed E-state index contributed by atoms with van der Waals surface area (Å²) in [7, 11) is 1.30. The Kier molecular flexibility index (Phi) is 6.36. The van der Waals surface area contributed by atoms with Crippen LogP contribution in [0.1, 0.15) is 16.0 Å². The first-order valence-electron chi connectivity index (χ1n) is 8.48. The van der Waals surface area contributed by atoms with Crippen molar-refractivity contribution in [3.05, 3.63) is 70.9 Å². The van der Waals surface area contributed by atoms with Crippen LogP contribution < -0.4 is 4.74 Å². The zero-order valence-electron chi connectivity index (χ0n) is 15.5. The molecule has 0 saturated heterocycles. The maximum absolute atomic E-state index is 13.5. The van der Waals surface area contributed by atoms with Crippen LogP contribution in [0.3, 0.4) is 0 Å². The molecule has 0 fully saturated rings. The zero-order chi connectivity index (χ0) is 21.7. The molecule has 0 radical (unpaired) electrons. The molecule has 3 rings (SSSR count). The van der Waals surface area contributed by atoms with Crippen molar-refractivity contribution in [1.82, 2.24) is 9.97 Å². The van der Waals surface area contributed by atoms with E-state index >= 15 is 0 Å². The molecule has 0 bridgehead atoms. The van der Waals surface area contributed by atoms with E-state index in [-0.39, 0.29) is 22.8 Å². The SMILES string of the molecule is COC=C(C(=O)O)c1ccccc1COc1nc(-c2ccccn2)sc1C(F)(F)F. The van der Waals surface area contributed by atoms with Crippen LogP contribution in [0.4, 0.5) is 13.2 Å². The Morgan fingerprint density at radius 1 is 1.20 bits per heavy atom. The Hall–Kier alpha value is -3.40. The lowest BCUT2D eigenvalue weighted by atomic mass is 10.0. The second kappa shape index (κ2) is 8.95. The molecule has 30 heavy (non-hydrogen) atoms. The lowest BCUT2D eigenvalue weighted by molar-refractivity contribution is -0.136. The van der Waals surface area contributed by atoms with Gasteiger partial charge < -0.3 is 14.6 Å². The molecule has 6 nitrogen and oxygen atoms in total. The van der Waals surface area contributed by atoms with Gasteiger partial charge in [-0.15, -0.1) is 11.3 Å². The number of nitrogens with zero attached hydrogens (tertiary/aromatic N) is 2. The van der Waals surface area contributed by atoms with Gasteiger partial charge in [0, 0.05) is 6.20 Å². The van der Waals surface area contributed by atoms with Gasteiger partial charge in [-0.25, -0.2) is 4.79 Å². The highest BCUT2D eigenvalue weighted by Gasteiger charge is 2.38. The molecule has 1 aromatic carbocycles.